The van der Waals surface area contributed by atoms with Gasteiger partial charge >= 0.3 is 0 Å². The molecule has 1 unspecified atom stereocenters. The van der Waals surface area contributed by atoms with Crippen LogP contribution in [0.15, 0.2) is 0 Å². The molecular weight excluding hydrogens is 136 g/mol. The van der Waals surface area contributed by atoms with Gasteiger partial charge in [-0.3, -0.25) is 0 Å². The molecule has 0 aromatic heterocycles. The second-order valence-electron chi connectivity index (χ2n) is 3.33. The molecular formula is C6H14O2S. The quantitative estimate of drug-likeness (QED) is 0.566. The third-order valence-electron chi connectivity index (χ3n) is 1.57. The Morgan fingerprint density at radius 2 is 1.56 bits per heavy atom. The van der Waals surface area contributed by atoms with Crippen molar-refractivity contribution in [1.82, 2.24) is 0 Å². The second-order valence-corrected chi connectivity index (χ2v) is 4.67. The number of thiol groups is 1. The zero-order valence-electron chi connectivity index (χ0n) is 6.34. The van der Waals surface area contributed by atoms with E-state index in [2.05, 4.69) is 0 Å². The molecule has 0 aliphatic heterocycles. The fourth-order valence-electron chi connectivity index (χ4n) is 0.316. The van der Waals surface area contributed by atoms with E-state index in [0.29, 0.717) is 0 Å². The predicted octanol–water partition coefficient (Wildman–Crippen LogP) is 1.03. The standard InChI is InChI=1S/C6H14O2S/c1-5(9(7)8)6(2,3)4/h5,9H,1-4H3. The van der Waals surface area contributed by atoms with Crippen molar-refractivity contribution in [2.45, 2.75) is 32.9 Å². The summed E-state index contributed by atoms with van der Waals surface area (Å²) >= 11 is 0. The topological polar surface area (TPSA) is 34.1 Å². The van der Waals surface area contributed by atoms with Crippen LogP contribution in [0, 0.1) is 5.41 Å². The van der Waals surface area contributed by atoms with E-state index in [1.54, 1.807) is 6.92 Å². The van der Waals surface area contributed by atoms with E-state index in [0.717, 1.165) is 0 Å². The fraction of sp³-hybridized carbons (Fsp3) is 1.00. The first-order valence-electron chi connectivity index (χ1n) is 2.99. The SMILES string of the molecule is CC([SH](=O)=O)C(C)(C)C. The van der Waals surface area contributed by atoms with Gasteiger partial charge in [-0.1, -0.05) is 20.8 Å². The highest BCUT2D eigenvalue weighted by molar-refractivity contribution is 7.73. The summed E-state index contributed by atoms with van der Waals surface area (Å²) in [4.78, 5) is 0. The molecule has 3 heteroatoms. The molecule has 0 aromatic carbocycles. The van der Waals surface area contributed by atoms with Crippen LogP contribution in [0.4, 0.5) is 0 Å². The predicted molar refractivity (Wildman–Crippen MR) is 39.2 cm³/mol. The van der Waals surface area contributed by atoms with Gasteiger partial charge < -0.3 is 0 Å². The summed E-state index contributed by atoms with van der Waals surface area (Å²) in [5, 5.41) is -0.229. The van der Waals surface area contributed by atoms with Crippen LogP contribution in [0.1, 0.15) is 27.7 Å². The molecule has 0 aliphatic rings. The van der Waals surface area contributed by atoms with Gasteiger partial charge in [0, 0.05) is 0 Å². The molecule has 0 amide bonds. The molecule has 9 heavy (non-hydrogen) atoms. The molecule has 0 radical (unpaired) electrons. The number of hydrogen-bond donors (Lipinski definition) is 1. The average molecular weight is 150 g/mol. The van der Waals surface area contributed by atoms with Gasteiger partial charge in [0.05, 0.1) is 5.25 Å². The molecule has 0 aromatic rings. The van der Waals surface area contributed by atoms with Gasteiger partial charge in [0.25, 0.3) is 0 Å². The lowest BCUT2D eigenvalue weighted by Gasteiger charge is -2.21. The van der Waals surface area contributed by atoms with Crippen molar-refractivity contribution in [3.05, 3.63) is 0 Å². The van der Waals surface area contributed by atoms with Crippen LogP contribution in [0.25, 0.3) is 0 Å². The molecule has 56 valence electrons. The van der Waals surface area contributed by atoms with Crippen LogP contribution >= 0.6 is 0 Å². The first-order valence-corrected chi connectivity index (χ1v) is 4.24. The Balaban J connectivity index is 4.22. The molecule has 1 atom stereocenters. The summed E-state index contributed by atoms with van der Waals surface area (Å²) in [6.07, 6.45) is 0. The van der Waals surface area contributed by atoms with Crippen molar-refractivity contribution in [1.29, 1.82) is 0 Å². The van der Waals surface area contributed by atoms with Crippen molar-refractivity contribution in [3.8, 4) is 0 Å². The van der Waals surface area contributed by atoms with Crippen molar-refractivity contribution >= 4 is 10.7 Å². The van der Waals surface area contributed by atoms with Crippen molar-refractivity contribution < 1.29 is 8.42 Å². The second kappa shape index (κ2) is 2.69. The Labute approximate surface area is 58.2 Å². The molecule has 0 saturated heterocycles. The minimum Gasteiger partial charge on any atom is -0.232 e. The zero-order chi connectivity index (χ0) is 7.65. The lowest BCUT2D eigenvalue weighted by Crippen LogP contribution is -2.23. The van der Waals surface area contributed by atoms with Crippen LogP contribution in [-0.4, -0.2) is 13.7 Å². The average Bonchev–Trinajstić information content (AvgIpc) is 1.62. The van der Waals surface area contributed by atoms with E-state index in [4.69, 9.17) is 0 Å². The Kier molecular flexibility index (Phi) is 2.67. The summed E-state index contributed by atoms with van der Waals surface area (Å²) in [7, 11) is -2.25. The first-order chi connectivity index (χ1) is 3.85. The van der Waals surface area contributed by atoms with Crippen molar-refractivity contribution in [3.63, 3.8) is 0 Å². The van der Waals surface area contributed by atoms with Crippen LogP contribution in [-0.2, 0) is 10.7 Å². The molecule has 0 heterocycles. The lowest BCUT2D eigenvalue weighted by molar-refractivity contribution is 0.398. The van der Waals surface area contributed by atoms with Crippen LogP contribution < -0.4 is 0 Å². The van der Waals surface area contributed by atoms with Crippen molar-refractivity contribution in [2.24, 2.45) is 5.41 Å². The van der Waals surface area contributed by atoms with E-state index < -0.39 is 10.7 Å². The summed E-state index contributed by atoms with van der Waals surface area (Å²) in [6, 6.07) is 0. The normalized spacial score (nSPS) is 16.1. The summed E-state index contributed by atoms with van der Waals surface area (Å²) in [5.74, 6) is 0. The Morgan fingerprint density at radius 1 is 1.22 bits per heavy atom. The number of hydrogen-bond acceptors (Lipinski definition) is 2. The Bertz CT molecular complexity index is 145. The lowest BCUT2D eigenvalue weighted by atomic mass is 9.93. The highest BCUT2D eigenvalue weighted by Crippen LogP contribution is 2.20. The van der Waals surface area contributed by atoms with Crippen molar-refractivity contribution in [2.75, 3.05) is 0 Å². The van der Waals surface area contributed by atoms with Gasteiger partial charge in [-0.2, -0.15) is 0 Å². The smallest absolute Gasteiger partial charge is 0.143 e. The molecule has 0 saturated carbocycles. The molecule has 0 aliphatic carbocycles. The first kappa shape index (κ1) is 8.95. The van der Waals surface area contributed by atoms with Gasteiger partial charge in [-0.15, -0.1) is 0 Å². The summed E-state index contributed by atoms with van der Waals surface area (Å²) in [6.45, 7) is 7.49. The van der Waals surface area contributed by atoms with E-state index in [9.17, 15) is 8.42 Å². The van der Waals surface area contributed by atoms with Crippen LogP contribution in [0.5, 0.6) is 0 Å². The van der Waals surface area contributed by atoms with Gasteiger partial charge in [0.2, 0.25) is 0 Å². The molecule has 0 N–H and O–H groups in total. The summed E-state index contributed by atoms with van der Waals surface area (Å²) < 4.78 is 20.8. The molecule has 0 rings (SSSR count). The van der Waals surface area contributed by atoms with E-state index in [1.165, 1.54) is 0 Å². The zero-order valence-corrected chi connectivity index (χ0v) is 7.24. The molecule has 0 bridgehead atoms. The fourth-order valence-corrected chi connectivity index (χ4v) is 0.949. The number of rotatable bonds is 1. The molecule has 0 fully saturated rings. The van der Waals surface area contributed by atoms with Gasteiger partial charge in [0.15, 0.2) is 0 Å². The van der Waals surface area contributed by atoms with Crippen LogP contribution in [0.2, 0.25) is 0 Å². The Hall–Kier alpha value is -0.0500. The van der Waals surface area contributed by atoms with Gasteiger partial charge in [-0.05, 0) is 12.3 Å². The minimum absolute atomic E-state index is 0.116. The third kappa shape index (κ3) is 2.84. The minimum atomic E-state index is -2.25. The maximum atomic E-state index is 10.4. The highest BCUT2D eigenvalue weighted by atomic mass is 32.2. The highest BCUT2D eigenvalue weighted by Gasteiger charge is 2.21. The summed E-state index contributed by atoms with van der Waals surface area (Å²) in [5.41, 5.74) is -0.116. The third-order valence-corrected chi connectivity index (χ3v) is 2.98. The maximum Gasteiger partial charge on any atom is 0.143 e. The van der Waals surface area contributed by atoms with Crippen LogP contribution in [0.3, 0.4) is 0 Å². The molecule has 2 nitrogen and oxygen atoms in total. The largest absolute Gasteiger partial charge is 0.232 e. The van der Waals surface area contributed by atoms with E-state index >= 15 is 0 Å². The van der Waals surface area contributed by atoms with E-state index in [-0.39, 0.29) is 10.7 Å². The van der Waals surface area contributed by atoms with Gasteiger partial charge in [-0.25, -0.2) is 8.42 Å². The van der Waals surface area contributed by atoms with E-state index in [1.807, 2.05) is 20.8 Å². The Morgan fingerprint density at radius 3 is 1.56 bits per heavy atom. The molecule has 0 spiro atoms. The maximum absolute atomic E-state index is 10.4. The monoisotopic (exact) mass is 150 g/mol. The van der Waals surface area contributed by atoms with Gasteiger partial charge in [0.1, 0.15) is 10.7 Å².